The molecule has 1 aliphatic rings. The number of halogens is 1. The lowest BCUT2D eigenvalue weighted by Gasteiger charge is -2.13. The zero-order valence-corrected chi connectivity index (χ0v) is 10.2. The van der Waals surface area contributed by atoms with Gasteiger partial charge in [-0.15, -0.1) is 10.2 Å². The van der Waals surface area contributed by atoms with E-state index < -0.39 is 0 Å². The van der Waals surface area contributed by atoms with Crippen LogP contribution in [0.25, 0.3) is 0 Å². The summed E-state index contributed by atoms with van der Waals surface area (Å²) >= 11 is 0. The first-order valence-corrected chi connectivity index (χ1v) is 6.08. The van der Waals surface area contributed by atoms with Crippen LogP contribution in [0.5, 0.6) is 0 Å². The van der Waals surface area contributed by atoms with Crippen LogP contribution in [-0.4, -0.2) is 14.8 Å². The van der Waals surface area contributed by atoms with E-state index in [1.807, 2.05) is 17.7 Å². The highest BCUT2D eigenvalue weighted by molar-refractivity contribution is 5.34. The predicted octanol–water partition coefficient (Wildman–Crippen LogP) is 1.73. The van der Waals surface area contributed by atoms with Crippen molar-refractivity contribution in [3.8, 4) is 0 Å². The van der Waals surface area contributed by atoms with E-state index in [0.717, 1.165) is 24.2 Å². The van der Waals surface area contributed by atoms with Gasteiger partial charge in [0.15, 0.2) is 0 Å². The highest BCUT2D eigenvalue weighted by Gasteiger charge is 2.22. The number of aromatic nitrogens is 3. The second-order valence-electron chi connectivity index (χ2n) is 4.67. The van der Waals surface area contributed by atoms with Crippen molar-refractivity contribution >= 4 is 0 Å². The van der Waals surface area contributed by atoms with Crippen molar-refractivity contribution in [1.82, 2.24) is 20.1 Å². The summed E-state index contributed by atoms with van der Waals surface area (Å²) in [5.41, 5.74) is 2.32. The van der Waals surface area contributed by atoms with Gasteiger partial charge in [-0.1, -0.05) is 6.07 Å². The maximum Gasteiger partial charge on any atom is 0.146 e. The molecule has 1 heterocycles. The third kappa shape index (κ3) is 2.01. The van der Waals surface area contributed by atoms with Crippen molar-refractivity contribution in [3.63, 3.8) is 0 Å². The molecule has 0 saturated heterocycles. The number of nitrogens with zero attached hydrogens (tertiary/aromatic N) is 3. The summed E-state index contributed by atoms with van der Waals surface area (Å²) in [6.07, 6.45) is 3.70. The molecular formula is C13H15FN4. The molecule has 1 atom stereocenters. The fourth-order valence-electron chi connectivity index (χ4n) is 2.47. The Morgan fingerprint density at radius 1 is 1.50 bits per heavy atom. The van der Waals surface area contributed by atoms with Crippen molar-refractivity contribution in [3.05, 3.63) is 47.3 Å². The van der Waals surface area contributed by atoms with Crippen LogP contribution >= 0.6 is 0 Å². The van der Waals surface area contributed by atoms with E-state index in [-0.39, 0.29) is 11.9 Å². The maximum absolute atomic E-state index is 13.3. The first-order valence-electron chi connectivity index (χ1n) is 6.08. The van der Waals surface area contributed by atoms with E-state index in [1.54, 1.807) is 12.4 Å². The van der Waals surface area contributed by atoms with Gasteiger partial charge in [0.2, 0.25) is 0 Å². The summed E-state index contributed by atoms with van der Waals surface area (Å²) in [6.45, 7) is 0.650. The third-order valence-electron chi connectivity index (χ3n) is 3.50. The summed E-state index contributed by atoms with van der Waals surface area (Å²) in [5, 5.41) is 11.3. The van der Waals surface area contributed by atoms with Gasteiger partial charge >= 0.3 is 0 Å². The molecule has 0 saturated carbocycles. The predicted molar refractivity (Wildman–Crippen MR) is 65.3 cm³/mol. The van der Waals surface area contributed by atoms with Crippen LogP contribution in [0, 0.1) is 5.82 Å². The Labute approximate surface area is 105 Å². The SMILES string of the molecule is Cn1cnnc1CNC1CCc2ccc(F)cc21. The molecule has 0 aliphatic heterocycles. The van der Waals surface area contributed by atoms with Gasteiger partial charge in [0.05, 0.1) is 6.54 Å². The highest BCUT2D eigenvalue weighted by atomic mass is 19.1. The Morgan fingerprint density at radius 3 is 3.17 bits per heavy atom. The van der Waals surface area contributed by atoms with Gasteiger partial charge in [0, 0.05) is 13.1 Å². The Kier molecular flexibility index (Phi) is 2.83. The molecule has 1 aromatic heterocycles. The quantitative estimate of drug-likeness (QED) is 0.897. The zero-order chi connectivity index (χ0) is 12.5. The van der Waals surface area contributed by atoms with Crippen LogP contribution in [0.4, 0.5) is 4.39 Å². The molecule has 0 fully saturated rings. The lowest BCUT2D eigenvalue weighted by atomic mass is 10.1. The second kappa shape index (κ2) is 4.49. The minimum absolute atomic E-state index is 0.166. The van der Waals surface area contributed by atoms with E-state index >= 15 is 0 Å². The molecule has 94 valence electrons. The topological polar surface area (TPSA) is 42.7 Å². The van der Waals surface area contributed by atoms with Crippen molar-refractivity contribution < 1.29 is 4.39 Å². The molecule has 1 aromatic carbocycles. The van der Waals surface area contributed by atoms with Gasteiger partial charge in [-0.3, -0.25) is 0 Å². The smallest absolute Gasteiger partial charge is 0.146 e. The minimum atomic E-state index is -0.166. The van der Waals surface area contributed by atoms with Gasteiger partial charge in [-0.05, 0) is 36.1 Å². The van der Waals surface area contributed by atoms with Crippen molar-refractivity contribution in [2.24, 2.45) is 7.05 Å². The van der Waals surface area contributed by atoms with Crippen LogP contribution in [0.15, 0.2) is 24.5 Å². The van der Waals surface area contributed by atoms with Crippen molar-refractivity contribution in [2.45, 2.75) is 25.4 Å². The van der Waals surface area contributed by atoms with Crippen LogP contribution in [0.2, 0.25) is 0 Å². The van der Waals surface area contributed by atoms with Gasteiger partial charge in [0.1, 0.15) is 18.0 Å². The molecule has 1 N–H and O–H groups in total. The third-order valence-corrected chi connectivity index (χ3v) is 3.50. The molecule has 4 nitrogen and oxygen atoms in total. The monoisotopic (exact) mass is 246 g/mol. The number of nitrogens with one attached hydrogen (secondary N) is 1. The average Bonchev–Trinajstić information content (AvgIpc) is 2.93. The lowest BCUT2D eigenvalue weighted by Crippen LogP contribution is -2.20. The number of aryl methyl sites for hydroxylation is 2. The lowest BCUT2D eigenvalue weighted by molar-refractivity contribution is 0.509. The largest absolute Gasteiger partial charge is 0.320 e. The highest BCUT2D eigenvalue weighted by Crippen LogP contribution is 2.31. The molecule has 1 aliphatic carbocycles. The van der Waals surface area contributed by atoms with Gasteiger partial charge in [0.25, 0.3) is 0 Å². The van der Waals surface area contributed by atoms with Gasteiger partial charge < -0.3 is 9.88 Å². The molecule has 0 spiro atoms. The van der Waals surface area contributed by atoms with E-state index in [9.17, 15) is 4.39 Å². The molecule has 1 unspecified atom stereocenters. The Balaban J connectivity index is 1.73. The van der Waals surface area contributed by atoms with E-state index in [2.05, 4.69) is 15.5 Å². The standard InChI is InChI=1S/C13H15FN4/c1-18-8-16-17-13(18)7-15-12-5-3-9-2-4-10(14)6-11(9)12/h2,4,6,8,12,15H,3,5,7H2,1H3. The molecule has 0 radical (unpaired) electrons. The first kappa shape index (κ1) is 11.3. The van der Waals surface area contributed by atoms with Crippen LogP contribution < -0.4 is 5.32 Å². The Hall–Kier alpha value is -1.75. The maximum atomic E-state index is 13.3. The molecule has 18 heavy (non-hydrogen) atoms. The molecule has 0 bridgehead atoms. The first-order chi connectivity index (χ1) is 8.74. The molecule has 2 aromatic rings. The van der Waals surface area contributed by atoms with Crippen LogP contribution in [-0.2, 0) is 20.0 Å². The molecule has 5 heteroatoms. The second-order valence-corrected chi connectivity index (χ2v) is 4.67. The number of hydrogen-bond acceptors (Lipinski definition) is 3. The fourth-order valence-corrected chi connectivity index (χ4v) is 2.47. The summed E-state index contributed by atoms with van der Waals surface area (Å²) in [7, 11) is 1.92. The Bertz CT molecular complexity index is 564. The van der Waals surface area contributed by atoms with Crippen molar-refractivity contribution in [2.75, 3.05) is 0 Å². The van der Waals surface area contributed by atoms with E-state index in [0.29, 0.717) is 6.54 Å². The van der Waals surface area contributed by atoms with E-state index in [4.69, 9.17) is 0 Å². The number of fused-ring (bicyclic) bond motifs is 1. The normalized spacial score (nSPS) is 18.0. The average molecular weight is 246 g/mol. The molecule has 0 amide bonds. The number of hydrogen-bond donors (Lipinski definition) is 1. The summed E-state index contributed by atoms with van der Waals surface area (Å²) in [6, 6.07) is 5.27. The van der Waals surface area contributed by atoms with Crippen molar-refractivity contribution in [1.29, 1.82) is 0 Å². The summed E-state index contributed by atoms with van der Waals surface area (Å²) in [5.74, 6) is 0.723. The number of benzene rings is 1. The van der Waals surface area contributed by atoms with Gasteiger partial charge in [-0.25, -0.2) is 4.39 Å². The summed E-state index contributed by atoms with van der Waals surface area (Å²) < 4.78 is 15.1. The number of rotatable bonds is 3. The zero-order valence-electron chi connectivity index (χ0n) is 10.2. The van der Waals surface area contributed by atoms with E-state index in [1.165, 1.54) is 11.6 Å². The van der Waals surface area contributed by atoms with Crippen LogP contribution in [0.1, 0.15) is 29.4 Å². The molecular weight excluding hydrogens is 231 g/mol. The Morgan fingerprint density at radius 2 is 2.39 bits per heavy atom. The van der Waals surface area contributed by atoms with Gasteiger partial charge in [-0.2, -0.15) is 0 Å². The minimum Gasteiger partial charge on any atom is -0.320 e. The fraction of sp³-hybridized carbons (Fsp3) is 0.385. The summed E-state index contributed by atoms with van der Waals surface area (Å²) in [4.78, 5) is 0. The molecule has 3 rings (SSSR count). The van der Waals surface area contributed by atoms with Crippen LogP contribution in [0.3, 0.4) is 0 Å².